The Morgan fingerprint density at radius 1 is 1.08 bits per heavy atom. The number of hydrogen-bond donors (Lipinski definition) is 0. The topological polar surface area (TPSA) is 53.1 Å². The van der Waals surface area contributed by atoms with Crippen molar-refractivity contribution < 1.29 is 9.15 Å². The highest BCUT2D eigenvalue weighted by Crippen LogP contribution is 2.25. The van der Waals surface area contributed by atoms with Gasteiger partial charge in [-0.25, -0.2) is 0 Å². The van der Waals surface area contributed by atoms with Crippen LogP contribution >= 0.6 is 11.8 Å². The van der Waals surface area contributed by atoms with Gasteiger partial charge in [-0.3, -0.25) is 0 Å². The summed E-state index contributed by atoms with van der Waals surface area (Å²) in [5.41, 5.74) is 2.13. The second-order valence-corrected chi connectivity index (χ2v) is 7.02. The van der Waals surface area contributed by atoms with Gasteiger partial charge in [0.25, 0.3) is 0 Å². The van der Waals surface area contributed by atoms with Crippen molar-refractivity contribution in [3.05, 3.63) is 66.7 Å². The van der Waals surface area contributed by atoms with Crippen LogP contribution in [-0.2, 0) is 12.8 Å². The molecule has 0 radical (unpaired) electrons. The van der Waals surface area contributed by atoms with Gasteiger partial charge in [0.1, 0.15) is 5.75 Å². The fraction of sp³-hybridized carbons (Fsp3) is 0.200. The van der Waals surface area contributed by atoms with Crippen LogP contribution in [0, 0.1) is 0 Å². The first-order valence-electron chi connectivity index (χ1n) is 8.43. The Kier molecular flexibility index (Phi) is 4.93. The number of para-hydroxylation sites is 1. The van der Waals surface area contributed by atoms with Crippen molar-refractivity contribution in [2.24, 2.45) is 7.05 Å². The summed E-state index contributed by atoms with van der Waals surface area (Å²) in [6.07, 6.45) is 2.04. The number of fused-ring (bicyclic) bond motifs is 1. The largest absolute Gasteiger partial charge is 0.493 e. The number of benzene rings is 2. The van der Waals surface area contributed by atoms with Crippen LogP contribution in [-0.4, -0.2) is 27.1 Å². The molecule has 0 aliphatic carbocycles. The first kappa shape index (κ1) is 16.7. The van der Waals surface area contributed by atoms with Gasteiger partial charge in [0.05, 0.1) is 12.4 Å². The number of aromatic nitrogens is 3. The van der Waals surface area contributed by atoms with Crippen molar-refractivity contribution in [2.45, 2.75) is 5.75 Å². The Labute approximate surface area is 156 Å². The van der Waals surface area contributed by atoms with Crippen molar-refractivity contribution >= 4 is 22.7 Å². The molecule has 0 amide bonds. The minimum Gasteiger partial charge on any atom is -0.493 e. The van der Waals surface area contributed by atoms with Crippen LogP contribution in [0.3, 0.4) is 0 Å². The van der Waals surface area contributed by atoms with E-state index in [1.165, 1.54) is 5.52 Å². The monoisotopic (exact) mass is 365 g/mol. The fourth-order valence-electron chi connectivity index (χ4n) is 2.74. The van der Waals surface area contributed by atoms with E-state index in [9.17, 15) is 0 Å². The molecule has 2 aromatic carbocycles. The summed E-state index contributed by atoms with van der Waals surface area (Å²) in [5.74, 6) is 3.63. The van der Waals surface area contributed by atoms with E-state index in [0.717, 1.165) is 22.5 Å². The highest BCUT2D eigenvalue weighted by molar-refractivity contribution is 7.98. The molecule has 4 rings (SSSR count). The average Bonchev–Trinajstić information content (AvgIpc) is 3.29. The SMILES string of the molecule is Cn1ccc2cc(-c3nnc(CSCCOc4ccccc4)o3)ccc21. The van der Waals surface area contributed by atoms with Crippen LogP contribution in [0.15, 0.2) is 65.2 Å². The molecule has 0 aliphatic heterocycles. The number of aryl methyl sites for hydroxylation is 1. The van der Waals surface area contributed by atoms with E-state index in [1.54, 1.807) is 11.8 Å². The lowest BCUT2D eigenvalue weighted by Gasteiger charge is -2.04. The zero-order valence-electron chi connectivity index (χ0n) is 14.5. The summed E-state index contributed by atoms with van der Waals surface area (Å²) < 4.78 is 13.6. The van der Waals surface area contributed by atoms with E-state index in [1.807, 2.05) is 49.6 Å². The van der Waals surface area contributed by atoms with Crippen molar-refractivity contribution in [3.8, 4) is 17.2 Å². The van der Waals surface area contributed by atoms with Gasteiger partial charge in [-0.05, 0) is 36.4 Å². The number of thioether (sulfide) groups is 1. The average molecular weight is 365 g/mol. The third-order valence-corrected chi connectivity index (χ3v) is 4.97. The molecule has 2 aromatic heterocycles. The molecule has 0 unspecified atom stereocenters. The van der Waals surface area contributed by atoms with Crippen LogP contribution in [0.4, 0.5) is 0 Å². The zero-order chi connectivity index (χ0) is 17.8. The van der Waals surface area contributed by atoms with Gasteiger partial charge in [0.15, 0.2) is 0 Å². The van der Waals surface area contributed by atoms with Crippen LogP contribution in [0.1, 0.15) is 5.89 Å². The lowest BCUT2D eigenvalue weighted by atomic mass is 10.1. The van der Waals surface area contributed by atoms with Gasteiger partial charge in [-0.1, -0.05) is 18.2 Å². The first-order chi connectivity index (χ1) is 12.8. The van der Waals surface area contributed by atoms with E-state index in [-0.39, 0.29) is 0 Å². The van der Waals surface area contributed by atoms with E-state index >= 15 is 0 Å². The highest BCUT2D eigenvalue weighted by atomic mass is 32.2. The number of rotatable bonds is 7. The summed E-state index contributed by atoms with van der Waals surface area (Å²) in [6, 6.07) is 18.1. The van der Waals surface area contributed by atoms with Gasteiger partial charge in [0.2, 0.25) is 11.8 Å². The van der Waals surface area contributed by atoms with Crippen molar-refractivity contribution in [1.29, 1.82) is 0 Å². The quantitative estimate of drug-likeness (QED) is 0.450. The summed E-state index contributed by atoms with van der Waals surface area (Å²) in [7, 11) is 2.03. The Balaban J connectivity index is 1.31. The third kappa shape index (κ3) is 3.75. The Morgan fingerprint density at radius 2 is 1.96 bits per heavy atom. The van der Waals surface area contributed by atoms with E-state index in [2.05, 4.69) is 33.0 Å². The van der Waals surface area contributed by atoms with Crippen LogP contribution in [0.2, 0.25) is 0 Å². The standard InChI is InChI=1S/C20H19N3O2S/c1-23-10-9-15-13-16(7-8-18(15)23)20-22-21-19(25-20)14-26-12-11-24-17-5-3-2-4-6-17/h2-10,13H,11-12,14H2,1H3. The zero-order valence-corrected chi connectivity index (χ0v) is 15.3. The molecule has 0 saturated heterocycles. The molecule has 5 nitrogen and oxygen atoms in total. The predicted molar refractivity (Wildman–Crippen MR) is 104 cm³/mol. The number of ether oxygens (including phenoxy) is 1. The second-order valence-electron chi connectivity index (χ2n) is 5.92. The lowest BCUT2D eigenvalue weighted by Crippen LogP contribution is -2.00. The molecule has 132 valence electrons. The fourth-order valence-corrected chi connectivity index (χ4v) is 3.37. The summed E-state index contributed by atoms with van der Waals surface area (Å²) in [6.45, 7) is 0.653. The van der Waals surface area contributed by atoms with Crippen molar-refractivity contribution in [1.82, 2.24) is 14.8 Å². The molecule has 0 saturated carbocycles. The summed E-state index contributed by atoms with van der Waals surface area (Å²) in [5, 5.41) is 9.49. The molecule has 0 atom stereocenters. The maximum atomic E-state index is 5.80. The molecular weight excluding hydrogens is 346 g/mol. The molecule has 0 fully saturated rings. The van der Waals surface area contributed by atoms with Crippen LogP contribution < -0.4 is 4.74 Å². The van der Waals surface area contributed by atoms with Gasteiger partial charge >= 0.3 is 0 Å². The number of hydrogen-bond acceptors (Lipinski definition) is 5. The smallest absolute Gasteiger partial charge is 0.247 e. The normalized spacial score (nSPS) is 11.1. The van der Waals surface area contributed by atoms with E-state index in [4.69, 9.17) is 9.15 Å². The third-order valence-electron chi connectivity index (χ3n) is 4.06. The summed E-state index contributed by atoms with van der Waals surface area (Å²) >= 11 is 1.72. The van der Waals surface area contributed by atoms with E-state index in [0.29, 0.717) is 24.1 Å². The molecular formula is C20H19N3O2S. The minimum absolute atomic E-state index is 0.562. The van der Waals surface area contributed by atoms with Crippen molar-refractivity contribution in [3.63, 3.8) is 0 Å². The second kappa shape index (κ2) is 7.66. The van der Waals surface area contributed by atoms with Gasteiger partial charge in [-0.15, -0.1) is 22.0 Å². The van der Waals surface area contributed by atoms with Crippen LogP contribution in [0.25, 0.3) is 22.4 Å². The molecule has 4 aromatic rings. The molecule has 26 heavy (non-hydrogen) atoms. The highest BCUT2D eigenvalue weighted by Gasteiger charge is 2.10. The minimum atomic E-state index is 0.562. The Hall–Kier alpha value is -2.73. The maximum Gasteiger partial charge on any atom is 0.247 e. The first-order valence-corrected chi connectivity index (χ1v) is 9.58. The lowest BCUT2D eigenvalue weighted by molar-refractivity contribution is 0.344. The molecule has 0 N–H and O–H groups in total. The molecule has 0 bridgehead atoms. The van der Waals surface area contributed by atoms with E-state index < -0.39 is 0 Å². The molecule has 2 heterocycles. The van der Waals surface area contributed by atoms with Gasteiger partial charge in [-0.2, -0.15) is 0 Å². The predicted octanol–water partition coefficient (Wildman–Crippen LogP) is 4.54. The molecule has 0 aliphatic rings. The maximum absolute atomic E-state index is 5.80. The van der Waals surface area contributed by atoms with Gasteiger partial charge < -0.3 is 13.7 Å². The number of nitrogens with zero attached hydrogens (tertiary/aromatic N) is 3. The van der Waals surface area contributed by atoms with Crippen LogP contribution in [0.5, 0.6) is 5.75 Å². The van der Waals surface area contributed by atoms with Gasteiger partial charge in [0, 0.05) is 35.5 Å². The Bertz CT molecular complexity index is 995. The molecule has 0 spiro atoms. The van der Waals surface area contributed by atoms with Crippen molar-refractivity contribution in [2.75, 3.05) is 12.4 Å². The molecule has 6 heteroatoms. The Morgan fingerprint density at radius 3 is 2.85 bits per heavy atom. The summed E-state index contributed by atoms with van der Waals surface area (Å²) in [4.78, 5) is 0.